The molecule has 20 heavy (non-hydrogen) atoms. The molecule has 4 heteroatoms. The SMILES string of the molecule is CC(N)Cc1cccc(Cl)c1N1CC(C)OC(C)(C)C1. The Morgan fingerprint density at radius 1 is 1.50 bits per heavy atom. The molecule has 3 nitrogen and oxygen atoms in total. The van der Waals surface area contributed by atoms with Gasteiger partial charge in [0.2, 0.25) is 0 Å². The van der Waals surface area contributed by atoms with E-state index in [4.69, 9.17) is 22.1 Å². The Kier molecular flexibility index (Phi) is 4.62. The fraction of sp³-hybridized carbons (Fsp3) is 0.625. The average Bonchev–Trinajstić information content (AvgIpc) is 2.24. The van der Waals surface area contributed by atoms with Crippen LogP contribution in [0.15, 0.2) is 18.2 Å². The summed E-state index contributed by atoms with van der Waals surface area (Å²) < 4.78 is 5.98. The maximum absolute atomic E-state index is 6.46. The summed E-state index contributed by atoms with van der Waals surface area (Å²) in [5, 5.41) is 0.799. The third kappa shape index (κ3) is 3.66. The highest BCUT2D eigenvalue weighted by atomic mass is 35.5. The van der Waals surface area contributed by atoms with Crippen LogP contribution in [0.2, 0.25) is 5.02 Å². The van der Waals surface area contributed by atoms with E-state index in [9.17, 15) is 0 Å². The Hall–Kier alpha value is -0.770. The van der Waals surface area contributed by atoms with Gasteiger partial charge in [0.05, 0.1) is 22.4 Å². The van der Waals surface area contributed by atoms with E-state index in [0.717, 1.165) is 30.2 Å². The fourth-order valence-electron chi connectivity index (χ4n) is 3.05. The van der Waals surface area contributed by atoms with Gasteiger partial charge in [-0.3, -0.25) is 0 Å². The van der Waals surface area contributed by atoms with E-state index in [0.29, 0.717) is 0 Å². The topological polar surface area (TPSA) is 38.5 Å². The summed E-state index contributed by atoms with van der Waals surface area (Å²) in [6.45, 7) is 10.1. The Labute approximate surface area is 127 Å². The molecule has 0 aromatic heterocycles. The predicted molar refractivity (Wildman–Crippen MR) is 85.6 cm³/mol. The normalized spacial score (nSPS) is 23.7. The van der Waals surface area contributed by atoms with Gasteiger partial charge in [-0.25, -0.2) is 0 Å². The second-order valence-corrected chi connectivity index (χ2v) is 6.90. The van der Waals surface area contributed by atoms with Crippen LogP contribution in [0.3, 0.4) is 0 Å². The number of hydrogen-bond donors (Lipinski definition) is 1. The molecule has 2 N–H and O–H groups in total. The summed E-state index contributed by atoms with van der Waals surface area (Å²) in [5.41, 5.74) is 8.14. The quantitative estimate of drug-likeness (QED) is 0.931. The molecule has 1 aromatic rings. The van der Waals surface area contributed by atoms with Gasteiger partial charge in [-0.15, -0.1) is 0 Å². The molecule has 0 amide bonds. The van der Waals surface area contributed by atoms with Gasteiger partial charge in [0, 0.05) is 19.1 Å². The summed E-state index contributed by atoms with van der Waals surface area (Å²) >= 11 is 6.46. The number of para-hydroxylation sites is 1. The summed E-state index contributed by atoms with van der Waals surface area (Å²) in [6.07, 6.45) is 1.03. The lowest BCUT2D eigenvalue weighted by atomic mass is 10.0. The zero-order valence-corrected chi connectivity index (χ0v) is 13.6. The number of nitrogens with zero attached hydrogens (tertiary/aromatic N) is 1. The average molecular weight is 297 g/mol. The van der Waals surface area contributed by atoms with Crippen LogP contribution in [0.5, 0.6) is 0 Å². The summed E-state index contributed by atoms with van der Waals surface area (Å²) in [6, 6.07) is 6.20. The van der Waals surface area contributed by atoms with Gasteiger partial charge in [0.15, 0.2) is 0 Å². The van der Waals surface area contributed by atoms with Crippen molar-refractivity contribution in [1.29, 1.82) is 0 Å². The summed E-state index contributed by atoms with van der Waals surface area (Å²) in [5.74, 6) is 0. The molecule has 1 aliphatic rings. The minimum absolute atomic E-state index is 0.124. The highest BCUT2D eigenvalue weighted by Gasteiger charge is 2.33. The molecule has 0 radical (unpaired) electrons. The van der Waals surface area contributed by atoms with Crippen molar-refractivity contribution in [2.24, 2.45) is 5.73 Å². The van der Waals surface area contributed by atoms with Crippen molar-refractivity contribution < 1.29 is 4.74 Å². The lowest BCUT2D eigenvalue weighted by Gasteiger charge is -2.43. The van der Waals surface area contributed by atoms with E-state index in [-0.39, 0.29) is 17.7 Å². The molecule has 2 rings (SSSR count). The maximum atomic E-state index is 6.46. The number of benzene rings is 1. The molecular formula is C16H25ClN2O. The van der Waals surface area contributed by atoms with Crippen molar-refractivity contribution in [3.05, 3.63) is 28.8 Å². The second kappa shape index (κ2) is 5.92. The Morgan fingerprint density at radius 2 is 2.20 bits per heavy atom. The minimum Gasteiger partial charge on any atom is -0.369 e. The van der Waals surface area contributed by atoms with Crippen LogP contribution in [0.1, 0.15) is 33.3 Å². The smallest absolute Gasteiger partial charge is 0.0805 e. The van der Waals surface area contributed by atoms with Crippen LogP contribution in [-0.4, -0.2) is 30.8 Å². The first-order valence-electron chi connectivity index (χ1n) is 7.24. The summed E-state index contributed by atoms with van der Waals surface area (Å²) in [4.78, 5) is 2.34. The molecule has 2 unspecified atom stereocenters. The maximum Gasteiger partial charge on any atom is 0.0805 e. The number of anilines is 1. The zero-order chi connectivity index (χ0) is 14.9. The minimum atomic E-state index is -0.164. The number of nitrogens with two attached hydrogens (primary N) is 1. The Morgan fingerprint density at radius 3 is 2.80 bits per heavy atom. The molecule has 112 valence electrons. The van der Waals surface area contributed by atoms with Crippen LogP contribution < -0.4 is 10.6 Å². The van der Waals surface area contributed by atoms with Crippen LogP contribution in [0.4, 0.5) is 5.69 Å². The van der Waals surface area contributed by atoms with Gasteiger partial charge in [-0.05, 0) is 45.7 Å². The van der Waals surface area contributed by atoms with E-state index in [1.54, 1.807) is 0 Å². The van der Waals surface area contributed by atoms with Crippen molar-refractivity contribution in [2.45, 2.75) is 51.9 Å². The highest BCUT2D eigenvalue weighted by Crippen LogP contribution is 2.34. The van der Waals surface area contributed by atoms with Crippen molar-refractivity contribution in [2.75, 3.05) is 18.0 Å². The number of rotatable bonds is 3. The standard InChI is InChI=1S/C16H25ClN2O/c1-11(18)8-13-6-5-7-14(17)15(13)19-9-12(2)20-16(3,4)10-19/h5-7,11-12H,8-10,18H2,1-4H3. The van der Waals surface area contributed by atoms with Gasteiger partial charge in [0.25, 0.3) is 0 Å². The Bertz CT molecular complexity index is 474. The van der Waals surface area contributed by atoms with Crippen LogP contribution in [-0.2, 0) is 11.2 Å². The van der Waals surface area contributed by atoms with Crippen molar-refractivity contribution in [3.63, 3.8) is 0 Å². The molecule has 0 aliphatic carbocycles. The van der Waals surface area contributed by atoms with E-state index in [1.165, 1.54) is 5.56 Å². The van der Waals surface area contributed by atoms with E-state index >= 15 is 0 Å². The molecule has 0 saturated carbocycles. The molecule has 0 bridgehead atoms. The van der Waals surface area contributed by atoms with E-state index in [2.05, 4.69) is 31.7 Å². The highest BCUT2D eigenvalue weighted by molar-refractivity contribution is 6.33. The predicted octanol–water partition coefficient (Wildman–Crippen LogP) is 3.23. The molecule has 2 atom stereocenters. The first-order valence-corrected chi connectivity index (χ1v) is 7.62. The van der Waals surface area contributed by atoms with Gasteiger partial charge in [0.1, 0.15) is 0 Å². The first kappa shape index (κ1) is 15.6. The molecular weight excluding hydrogens is 272 g/mol. The number of halogens is 1. The molecule has 1 heterocycles. The van der Waals surface area contributed by atoms with Crippen molar-refractivity contribution in [1.82, 2.24) is 0 Å². The number of morpholine rings is 1. The van der Waals surface area contributed by atoms with Gasteiger partial charge < -0.3 is 15.4 Å². The van der Waals surface area contributed by atoms with Gasteiger partial charge >= 0.3 is 0 Å². The lowest BCUT2D eigenvalue weighted by molar-refractivity contribution is -0.0750. The van der Waals surface area contributed by atoms with Crippen LogP contribution in [0.25, 0.3) is 0 Å². The fourth-order valence-corrected chi connectivity index (χ4v) is 3.36. The molecule has 1 fully saturated rings. The van der Waals surface area contributed by atoms with E-state index < -0.39 is 0 Å². The van der Waals surface area contributed by atoms with Crippen molar-refractivity contribution >= 4 is 17.3 Å². The molecule has 1 aromatic carbocycles. The Balaban J connectivity index is 2.35. The van der Waals surface area contributed by atoms with Crippen LogP contribution in [0, 0.1) is 0 Å². The largest absolute Gasteiger partial charge is 0.369 e. The van der Waals surface area contributed by atoms with Gasteiger partial charge in [-0.2, -0.15) is 0 Å². The van der Waals surface area contributed by atoms with Crippen molar-refractivity contribution in [3.8, 4) is 0 Å². The second-order valence-electron chi connectivity index (χ2n) is 6.50. The van der Waals surface area contributed by atoms with Crippen LogP contribution >= 0.6 is 11.6 Å². The molecule has 1 saturated heterocycles. The zero-order valence-electron chi connectivity index (χ0n) is 12.8. The number of hydrogen-bond acceptors (Lipinski definition) is 3. The van der Waals surface area contributed by atoms with E-state index in [1.807, 2.05) is 19.1 Å². The molecule has 0 spiro atoms. The summed E-state index contributed by atoms with van der Waals surface area (Å²) in [7, 11) is 0. The third-order valence-electron chi connectivity index (χ3n) is 3.50. The number of ether oxygens (including phenoxy) is 1. The monoisotopic (exact) mass is 296 g/mol. The third-order valence-corrected chi connectivity index (χ3v) is 3.80. The molecule has 1 aliphatic heterocycles. The van der Waals surface area contributed by atoms with Gasteiger partial charge in [-0.1, -0.05) is 23.7 Å². The lowest BCUT2D eigenvalue weighted by Crippen LogP contribution is -2.52. The first-order chi connectivity index (χ1) is 9.28.